The molecule has 3 rings (SSSR count). The van der Waals surface area contributed by atoms with Gasteiger partial charge < -0.3 is 14.2 Å². The summed E-state index contributed by atoms with van der Waals surface area (Å²) in [4.78, 5) is 0. The van der Waals surface area contributed by atoms with Crippen molar-refractivity contribution < 1.29 is 14.2 Å². The minimum Gasteiger partial charge on any atom is -0.497 e. The monoisotopic (exact) mass is 404 g/mol. The third kappa shape index (κ3) is 5.77. The van der Waals surface area contributed by atoms with Crippen molar-refractivity contribution in [3.05, 3.63) is 82.9 Å². The first-order valence-corrected chi connectivity index (χ1v) is 9.98. The zero-order chi connectivity index (χ0) is 21.3. The first kappa shape index (κ1) is 21.2. The van der Waals surface area contributed by atoms with Crippen LogP contribution < -0.4 is 19.6 Å². The number of hydrogen-bond donors (Lipinski definition) is 1. The van der Waals surface area contributed by atoms with Crippen LogP contribution in [0.5, 0.6) is 17.2 Å². The average molecular weight is 405 g/mol. The third-order valence-electron chi connectivity index (χ3n) is 4.65. The number of nitrogens with one attached hydrogen (secondary N) is 1. The van der Waals surface area contributed by atoms with Crippen LogP contribution in [0, 0.1) is 13.8 Å². The van der Waals surface area contributed by atoms with Crippen molar-refractivity contribution in [2.24, 2.45) is 5.10 Å². The molecule has 0 bridgehead atoms. The van der Waals surface area contributed by atoms with E-state index in [2.05, 4.69) is 42.6 Å². The maximum absolute atomic E-state index is 6.07. The van der Waals surface area contributed by atoms with Crippen molar-refractivity contribution in [2.75, 3.05) is 19.1 Å². The van der Waals surface area contributed by atoms with Crippen molar-refractivity contribution in [1.82, 2.24) is 0 Å². The van der Waals surface area contributed by atoms with E-state index >= 15 is 0 Å². The fraction of sp³-hybridized carbons (Fsp3) is 0.240. The number of benzene rings is 3. The van der Waals surface area contributed by atoms with E-state index in [0.29, 0.717) is 19.0 Å². The molecule has 0 aromatic heterocycles. The van der Waals surface area contributed by atoms with Gasteiger partial charge in [-0.15, -0.1) is 0 Å². The van der Waals surface area contributed by atoms with Gasteiger partial charge in [0.05, 0.1) is 25.6 Å². The van der Waals surface area contributed by atoms with Gasteiger partial charge in [-0.3, -0.25) is 5.43 Å². The van der Waals surface area contributed by atoms with Crippen LogP contribution in [-0.4, -0.2) is 19.9 Å². The van der Waals surface area contributed by atoms with Gasteiger partial charge in [-0.1, -0.05) is 23.8 Å². The lowest BCUT2D eigenvalue weighted by atomic mass is 10.1. The van der Waals surface area contributed by atoms with Crippen LogP contribution >= 0.6 is 0 Å². The standard InChI is InChI=1S/C25H28N2O3/c1-5-29-25-15-20(16-26-27-22-9-11-23(28-4)12-10-22)8-13-24(25)30-17-21-14-18(2)6-7-19(21)3/h6-16,27H,5,17H2,1-4H3/b26-16+. The van der Waals surface area contributed by atoms with Crippen LogP contribution in [0.3, 0.4) is 0 Å². The van der Waals surface area contributed by atoms with Gasteiger partial charge in [0.25, 0.3) is 0 Å². The van der Waals surface area contributed by atoms with Gasteiger partial charge in [-0.2, -0.15) is 5.10 Å². The smallest absolute Gasteiger partial charge is 0.161 e. The van der Waals surface area contributed by atoms with Gasteiger partial charge in [-0.05, 0) is 79.9 Å². The number of rotatable bonds is 9. The molecule has 30 heavy (non-hydrogen) atoms. The second kappa shape index (κ2) is 10.3. The molecule has 156 valence electrons. The van der Waals surface area contributed by atoms with E-state index in [1.54, 1.807) is 13.3 Å². The van der Waals surface area contributed by atoms with E-state index in [-0.39, 0.29) is 0 Å². The highest BCUT2D eigenvalue weighted by Crippen LogP contribution is 2.29. The minimum absolute atomic E-state index is 0.500. The van der Waals surface area contributed by atoms with E-state index in [9.17, 15) is 0 Å². The maximum Gasteiger partial charge on any atom is 0.161 e. The number of aryl methyl sites for hydroxylation is 2. The molecule has 0 aliphatic carbocycles. The van der Waals surface area contributed by atoms with Crippen molar-refractivity contribution in [3.63, 3.8) is 0 Å². The zero-order valence-corrected chi connectivity index (χ0v) is 17.9. The zero-order valence-electron chi connectivity index (χ0n) is 17.9. The van der Waals surface area contributed by atoms with Crippen LogP contribution in [0.1, 0.15) is 29.2 Å². The van der Waals surface area contributed by atoms with Crippen LogP contribution in [0.4, 0.5) is 5.69 Å². The summed E-state index contributed by atoms with van der Waals surface area (Å²) in [6, 6.07) is 19.8. The van der Waals surface area contributed by atoms with Crippen LogP contribution in [-0.2, 0) is 6.61 Å². The predicted octanol–water partition coefficient (Wildman–Crippen LogP) is 5.74. The predicted molar refractivity (Wildman–Crippen MR) is 122 cm³/mol. The van der Waals surface area contributed by atoms with Gasteiger partial charge in [0, 0.05) is 0 Å². The Kier molecular flexibility index (Phi) is 7.33. The maximum atomic E-state index is 6.07. The molecule has 0 heterocycles. The molecule has 0 aliphatic heterocycles. The summed E-state index contributed by atoms with van der Waals surface area (Å²) in [6.45, 7) is 7.20. The number of hydrazone groups is 1. The Labute approximate surface area is 178 Å². The first-order chi connectivity index (χ1) is 14.6. The Balaban J connectivity index is 1.68. The van der Waals surface area contributed by atoms with Crippen molar-refractivity contribution in [3.8, 4) is 17.2 Å². The molecule has 0 unspecified atom stereocenters. The highest BCUT2D eigenvalue weighted by atomic mass is 16.5. The van der Waals surface area contributed by atoms with Gasteiger partial charge in [-0.25, -0.2) is 0 Å². The molecule has 0 saturated carbocycles. The molecule has 0 amide bonds. The number of hydrogen-bond acceptors (Lipinski definition) is 5. The largest absolute Gasteiger partial charge is 0.497 e. The highest BCUT2D eigenvalue weighted by Gasteiger charge is 2.08. The second-order valence-corrected chi connectivity index (χ2v) is 6.96. The summed E-state index contributed by atoms with van der Waals surface area (Å²) in [6.07, 6.45) is 1.75. The molecule has 0 aliphatic rings. The molecule has 0 atom stereocenters. The third-order valence-corrected chi connectivity index (χ3v) is 4.65. The van der Waals surface area contributed by atoms with E-state index in [1.807, 2.05) is 49.4 Å². The Hall–Kier alpha value is -3.47. The van der Waals surface area contributed by atoms with Crippen LogP contribution in [0.25, 0.3) is 0 Å². The van der Waals surface area contributed by atoms with Gasteiger partial charge in [0.1, 0.15) is 12.4 Å². The molecular formula is C25H28N2O3. The lowest BCUT2D eigenvalue weighted by Gasteiger charge is -2.14. The molecular weight excluding hydrogens is 376 g/mol. The van der Waals surface area contributed by atoms with E-state index in [1.165, 1.54) is 16.7 Å². The van der Waals surface area contributed by atoms with Gasteiger partial charge in [0.15, 0.2) is 11.5 Å². The van der Waals surface area contributed by atoms with Gasteiger partial charge >= 0.3 is 0 Å². The lowest BCUT2D eigenvalue weighted by Crippen LogP contribution is -2.02. The minimum atomic E-state index is 0.500. The molecule has 0 fully saturated rings. The van der Waals surface area contributed by atoms with Crippen molar-refractivity contribution in [1.29, 1.82) is 0 Å². The summed E-state index contributed by atoms with van der Waals surface area (Å²) >= 11 is 0. The Morgan fingerprint density at radius 1 is 0.900 bits per heavy atom. The summed E-state index contributed by atoms with van der Waals surface area (Å²) in [5.74, 6) is 2.23. The van der Waals surface area contributed by atoms with E-state index in [4.69, 9.17) is 14.2 Å². The van der Waals surface area contributed by atoms with E-state index in [0.717, 1.165) is 22.7 Å². The molecule has 5 heteroatoms. The van der Waals surface area contributed by atoms with Crippen LogP contribution in [0.15, 0.2) is 65.8 Å². The summed E-state index contributed by atoms with van der Waals surface area (Å²) in [5.41, 5.74) is 8.42. The molecule has 0 saturated heterocycles. The highest BCUT2D eigenvalue weighted by molar-refractivity contribution is 5.81. The Morgan fingerprint density at radius 3 is 2.43 bits per heavy atom. The molecule has 0 radical (unpaired) electrons. The average Bonchev–Trinajstić information content (AvgIpc) is 2.76. The van der Waals surface area contributed by atoms with Crippen molar-refractivity contribution >= 4 is 11.9 Å². The van der Waals surface area contributed by atoms with Gasteiger partial charge in [0.2, 0.25) is 0 Å². The Morgan fingerprint density at radius 2 is 1.70 bits per heavy atom. The fourth-order valence-corrected chi connectivity index (χ4v) is 2.95. The quantitative estimate of drug-likeness (QED) is 0.365. The topological polar surface area (TPSA) is 52.1 Å². The second-order valence-electron chi connectivity index (χ2n) is 6.96. The SMILES string of the molecule is CCOc1cc(/C=N/Nc2ccc(OC)cc2)ccc1OCc1cc(C)ccc1C. The molecule has 3 aromatic rings. The number of nitrogens with zero attached hydrogens (tertiary/aromatic N) is 1. The summed E-state index contributed by atoms with van der Waals surface area (Å²) in [5, 5.41) is 4.30. The molecule has 1 N–H and O–H groups in total. The van der Waals surface area contributed by atoms with Crippen LogP contribution in [0.2, 0.25) is 0 Å². The number of methoxy groups -OCH3 is 1. The molecule has 5 nitrogen and oxygen atoms in total. The number of anilines is 1. The van der Waals surface area contributed by atoms with E-state index < -0.39 is 0 Å². The molecule has 0 spiro atoms. The number of ether oxygens (including phenoxy) is 3. The molecule has 3 aromatic carbocycles. The first-order valence-electron chi connectivity index (χ1n) is 9.98. The summed E-state index contributed by atoms with van der Waals surface area (Å²) < 4.78 is 17.0. The fourth-order valence-electron chi connectivity index (χ4n) is 2.95. The normalized spacial score (nSPS) is 10.8. The summed E-state index contributed by atoms with van der Waals surface area (Å²) in [7, 11) is 1.64. The Bertz CT molecular complexity index is 998. The lowest BCUT2D eigenvalue weighted by molar-refractivity contribution is 0.269. The van der Waals surface area contributed by atoms with Crippen molar-refractivity contribution in [2.45, 2.75) is 27.4 Å².